The maximum Gasteiger partial charge on any atom is 0.330 e. The molecule has 3 atom stereocenters. The minimum Gasteiger partial charge on any atom is -0.459 e. The predicted octanol–water partition coefficient (Wildman–Crippen LogP) is 1.52. The minimum atomic E-state index is -3.95. The molecular formula is C22H20N6O7S2. The molecule has 15 heteroatoms. The topological polar surface area (TPSA) is 167 Å². The van der Waals surface area contributed by atoms with Gasteiger partial charge in [0.25, 0.3) is 5.69 Å². The van der Waals surface area contributed by atoms with Crippen LogP contribution in [0, 0.1) is 10.1 Å². The number of carbonyl (C=O) groups excluding carboxylic acids is 2. The Bertz CT molecular complexity index is 1480. The molecule has 1 aromatic heterocycles. The number of aromatic nitrogens is 4. The van der Waals surface area contributed by atoms with Crippen molar-refractivity contribution in [2.75, 3.05) is 5.75 Å². The van der Waals surface area contributed by atoms with E-state index in [1.165, 1.54) is 35.9 Å². The Balaban J connectivity index is 1.38. The lowest BCUT2D eigenvalue weighted by molar-refractivity contribution is -0.384. The number of β-lactam (4-membered cyclic amide) rings is 1. The van der Waals surface area contributed by atoms with Crippen molar-refractivity contribution in [1.29, 1.82) is 0 Å². The number of rotatable bonds is 8. The first kappa shape index (κ1) is 24.8. The van der Waals surface area contributed by atoms with E-state index in [4.69, 9.17) is 4.74 Å². The largest absolute Gasteiger partial charge is 0.459 e. The van der Waals surface area contributed by atoms with Crippen LogP contribution in [-0.2, 0) is 30.8 Å². The first-order chi connectivity index (χ1) is 17.6. The van der Waals surface area contributed by atoms with E-state index >= 15 is 0 Å². The Morgan fingerprint density at radius 1 is 1.22 bits per heavy atom. The van der Waals surface area contributed by atoms with E-state index in [-0.39, 0.29) is 24.5 Å². The van der Waals surface area contributed by atoms with E-state index in [2.05, 4.69) is 15.5 Å². The number of hydrogen-bond acceptors (Lipinski definition) is 11. The molecule has 0 N–H and O–H groups in total. The van der Waals surface area contributed by atoms with Crippen LogP contribution < -0.4 is 0 Å². The summed E-state index contributed by atoms with van der Waals surface area (Å²) in [4.78, 5) is 37.0. The highest BCUT2D eigenvalue weighted by atomic mass is 32.2. The Kier molecular flexibility index (Phi) is 6.19. The van der Waals surface area contributed by atoms with E-state index in [1.807, 2.05) is 18.2 Å². The zero-order chi connectivity index (χ0) is 26.4. The van der Waals surface area contributed by atoms with Crippen LogP contribution in [0.3, 0.4) is 0 Å². The van der Waals surface area contributed by atoms with Crippen molar-refractivity contribution in [3.63, 3.8) is 0 Å². The SMILES string of the molecule is C[C@]1(CSc2nnnn2-c2ccccc2)[C@H](C(=O)OCc2ccc([N+](=O)[O-])cc2)N2C(=O)C[C@@H]2S1(=O)=O. The second-order valence-electron chi connectivity index (χ2n) is 8.75. The molecule has 0 saturated carbocycles. The number of nitrogens with zero attached hydrogens (tertiary/aromatic N) is 6. The average Bonchev–Trinajstić information content (AvgIpc) is 3.41. The van der Waals surface area contributed by atoms with Gasteiger partial charge in [-0.05, 0) is 47.2 Å². The fourth-order valence-electron chi connectivity index (χ4n) is 4.41. The molecule has 2 saturated heterocycles. The van der Waals surface area contributed by atoms with Gasteiger partial charge in [0.05, 0.1) is 17.0 Å². The van der Waals surface area contributed by atoms with Gasteiger partial charge in [-0.3, -0.25) is 14.9 Å². The number of nitro benzene ring substituents is 1. The molecule has 0 unspecified atom stereocenters. The van der Waals surface area contributed by atoms with Gasteiger partial charge in [0.15, 0.2) is 15.9 Å². The maximum absolute atomic E-state index is 13.5. The summed E-state index contributed by atoms with van der Waals surface area (Å²) in [6.07, 6.45) is -0.198. The zero-order valence-electron chi connectivity index (χ0n) is 19.3. The number of thioether (sulfide) groups is 1. The fourth-order valence-corrected chi connectivity index (χ4v) is 8.22. The summed E-state index contributed by atoms with van der Waals surface area (Å²) < 4.78 is 32.2. The highest BCUT2D eigenvalue weighted by Gasteiger charge is 2.70. The quantitative estimate of drug-likeness (QED) is 0.133. The Hall–Kier alpha value is -3.85. The number of sulfone groups is 1. The van der Waals surface area contributed by atoms with E-state index < -0.39 is 42.8 Å². The number of tetrazole rings is 1. The van der Waals surface area contributed by atoms with Gasteiger partial charge < -0.3 is 9.64 Å². The lowest BCUT2D eigenvalue weighted by atomic mass is 9.98. The van der Waals surface area contributed by atoms with Crippen molar-refractivity contribution >= 4 is 39.2 Å². The highest BCUT2D eigenvalue weighted by molar-refractivity contribution is 8.01. The van der Waals surface area contributed by atoms with Gasteiger partial charge in [0.1, 0.15) is 16.7 Å². The summed E-state index contributed by atoms with van der Waals surface area (Å²) in [6.45, 7) is 1.19. The third-order valence-electron chi connectivity index (χ3n) is 6.49. The van der Waals surface area contributed by atoms with Crippen molar-refractivity contribution < 1.29 is 27.7 Å². The summed E-state index contributed by atoms with van der Waals surface area (Å²) in [6, 6.07) is 13.1. The smallest absolute Gasteiger partial charge is 0.330 e. The van der Waals surface area contributed by atoms with Crippen LogP contribution in [-0.4, -0.2) is 72.2 Å². The molecule has 192 valence electrons. The van der Waals surface area contributed by atoms with Gasteiger partial charge in [0.2, 0.25) is 11.1 Å². The van der Waals surface area contributed by atoms with Gasteiger partial charge in [-0.25, -0.2) is 13.2 Å². The zero-order valence-corrected chi connectivity index (χ0v) is 21.0. The van der Waals surface area contributed by atoms with Gasteiger partial charge >= 0.3 is 5.97 Å². The molecule has 0 radical (unpaired) electrons. The number of ether oxygens (including phenoxy) is 1. The van der Waals surface area contributed by atoms with Gasteiger partial charge in [-0.1, -0.05) is 30.0 Å². The maximum atomic E-state index is 13.5. The second-order valence-corrected chi connectivity index (χ2v) is 12.3. The molecule has 2 aliphatic rings. The molecule has 37 heavy (non-hydrogen) atoms. The van der Waals surface area contributed by atoms with Crippen LogP contribution >= 0.6 is 11.8 Å². The van der Waals surface area contributed by atoms with Gasteiger partial charge in [-0.2, -0.15) is 4.68 Å². The van der Waals surface area contributed by atoms with E-state index in [0.717, 1.165) is 16.7 Å². The van der Waals surface area contributed by atoms with Crippen molar-refractivity contribution in [1.82, 2.24) is 25.1 Å². The molecule has 0 aliphatic carbocycles. The van der Waals surface area contributed by atoms with E-state index in [9.17, 15) is 28.1 Å². The third-order valence-corrected chi connectivity index (χ3v) is 10.7. The molecule has 0 bridgehead atoms. The van der Waals surface area contributed by atoms with E-state index in [1.54, 1.807) is 12.1 Å². The number of fused-ring (bicyclic) bond motifs is 1. The molecule has 5 rings (SSSR count). The Labute approximate surface area is 214 Å². The Morgan fingerprint density at radius 3 is 2.57 bits per heavy atom. The normalized spacial score (nSPS) is 23.8. The molecule has 0 spiro atoms. The van der Waals surface area contributed by atoms with Crippen molar-refractivity contribution in [2.45, 2.75) is 41.3 Å². The number of para-hydroxylation sites is 1. The van der Waals surface area contributed by atoms with Gasteiger partial charge in [-0.15, -0.1) is 5.10 Å². The number of benzene rings is 2. The number of amides is 1. The molecule has 13 nitrogen and oxygen atoms in total. The number of non-ortho nitro benzene ring substituents is 1. The van der Waals surface area contributed by atoms with Crippen molar-refractivity contribution in [3.8, 4) is 5.69 Å². The summed E-state index contributed by atoms with van der Waals surface area (Å²) in [7, 11) is -3.95. The molecule has 3 aromatic rings. The lowest BCUT2D eigenvalue weighted by Gasteiger charge is -2.36. The minimum absolute atomic E-state index is 0.111. The highest BCUT2D eigenvalue weighted by Crippen LogP contribution is 2.48. The second kappa shape index (κ2) is 9.23. The predicted molar refractivity (Wildman–Crippen MR) is 129 cm³/mol. The van der Waals surface area contributed by atoms with Crippen molar-refractivity contribution in [2.24, 2.45) is 0 Å². The van der Waals surface area contributed by atoms with Crippen LogP contribution in [0.25, 0.3) is 5.69 Å². The fraction of sp³-hybridized carbons (Fsp3) is 0.318. The van der Waals surface area contributed by atoms with Crippen LogP contribution in [0.5, 0.6) is 0 Å². The third kappa shape index (κ3) is 4.13. The van der Waals surface area contributed by atoms with Crippen LogP contribution in [0.15, 0.2) is 59.8 Å². The number of nitro groups is 1. The lowest BCUT2D eigenvalue weighted by Crippen LogP contribution is -2.58. The average molecular weight is 545 g/mol. The van der Waals surface area contributed by atoms with Crippen LogP contribution in [0.4, 0.5) is 5.69 Å². The molecule has 1 amide bonds. The molecular weight excluding hydrogens is 524 g/mol. The van der Waals surface area contributed by atoms with E-state index in [0.29, 0.717) is 16.4 Å². The summed E-state index contributed by atoms with van der Waals surface area (Å²) >= 11 is 1.06. The molecule has 2 aromatic carbocycles. The monoisotopic (exact) mass is 544 g/mol. The summed E-state index contributed by atoms with van der Waals surface area (Å²) in [5.41, 5.74) is 1.03. The molecule has 2 aliphatic heterocycles. The van der Waals surface area contributed by atoms with Gasteiger partial charge in [0, 0.05) is 17.9 Å². The standard InChI is InChI=1S/C22H20N6O7S2/c1-22(13-36-21-23-24-25-27(21)15-5-3-2-4-6-15)19(26-17(29)11-18(26)37(22,33)34)20(30)35-12-14-7-9-16(10-8-14)28(31)32/h2-10,18-19H,11-13H2,1H3/t18-,19-,22-/m0/s1. The molecule has 2 fully saturated rings. The summed E-state index contributed by atoms with van der Waals surface area (Å²) in [5, 5.41) is 21.7. The number of esters is 1. The van der Waals surface area contributed by atoms with Crippen LogP contribution in [0.1, 0.15) is 18.9 Å². The first-order valence-electron chi connectivity index (χ1n) is 11.0. The number of hydrogen-bond donors (Lipinski definition) is 0. The van der Waals surface area contributed by atoms with Crippen molar-refractivity contribution in [3.05, 3.63) is 70.3 Å². The summed E-state index contributed by atoms with van der Waals surface area (Å²) in [5.74, 6) is -1.43. The van der Waals surface area contributed by atoms with Crippen LogP contribution in [0.2, 0.25) is 0 Å². The number of carbonyl (C=O) groups is 2. The first-order valence-corrected chi connectivity index (χ1v) is 13.6. The molecule has 3 heterocycles. The Morgan fingerprint density at radius 2 is 1.92 bits per heavy atom.